The highest BCUT2D eigenvalue weighted by atomic mass is 32.2. The minimum atomic E-state index is -3.96. The lowest BCUT2D eigenvalue weighted by Gasteiger charge is -2.32. The van der Waals surface area contributed by atoms with Gasteiger partial charge < -0.3 is 57.5 Å². The maximum Gasteiger partial charge on any atom is 0.306 e. The number of morpholine rings is 2. The van der Waals surface area contributed by atoms with E-state index in [0.717, 1.165) is 72.9 Å². The van der Waals surface area contributed by atoms with E-state index in [1.807, 2.05) is 86.7 Å². The van der Waals surface area contributed by atoms with E-state index in [1.54, 1.807) is 37.9 Å². The zero-order chi connectivity index (χ0) is 86.6. The van der Waals surface area contributed by atoms with Crippen LogP contribution in [-0.2, 0) is 77.4 Å². The normalized spacial score (nSPS) is 31.5. The second-order valence-electron chi connectivity index (χ2n) is 39.1. The SMILES string of the molecule is COc1ccc2c(O[C@@H]3C[C@H]4C(=O)C[C@]5(C(=O)NS(=O)(=O)C6(C)CC6)C[C@H]5/C=C\CC[C@@H](C)C[C@@H](C)[C@H](CC(=O)OCC5(C)CC5)C(=O)N4C3)nc(N3CCOCC3)cc2c1.COc1ccc2c(O[C@@H]3C[C@H]4C(=O)C[C@]5(C(=O)NS(=O)(=O)C6(C)CC6)C[C@H]5/C=C\CC[C@H](C)C[C@@H](C)[C@H](CC(=O)OCC5(C)CC5)C(=O)N4C3)nc(N3CCOCC3)cc2c1. The molecule has 2 N–H and O–H groups in total. The van der Waals surface area contributed by atoms with E-state index in [2.05, 4.69) is 46.9 Å². The van der Waals surface area contributed by atoms with E-state index in [9.17, 15) is 45.6 Å². The summed E-state index contributed by atoms with van der Waals surface area (Å²) in [4.78, 5) is 133. The van der Waals surface area contributed by atoms with Gasteiger partial charge in [0, 0.05) is 73.5 Å². The monoisotopic (exact) mass is 1720 g/mol. The molecular weight excluding hydrogens is 1600 g/mol. The summed E-state index contributed by atoms with van der Waals surface area (Å²) in [5.41, 5.74) is -2.59. The number of amides is 4. The molecule has 16 rings (SSSR count). The van der Waals surface area contributed by atoms with E-state index in [4.69, 9.17) is 47.9 Å². The molecule has 4 aromatic rings. The van der Waals surface area contributed by atoms with Crippen molar-refractivity contribution in [2.45, 2.75) is 230 Å². The Balaban J connectivity index is 0.000000190. The Labute approximate surface area is 717 Å². The molecular formula is C92H124N8O20S2. The maximum atomic E-state index is 15.1. The summed E-state index contributed by atoms with van der Waals surface area (Å²) in [6.07, 6.45) is 17.1. The molecule has 10 fully saturated rings. The minimum Gasteiger partial charge on any atom is -0.497 e. The second-order valence-corrected chi connectivity index (χ2v) is 43.5. The molecule has 0 bridgehead atoms. The number of ketones is 2. The van der Waals surface area contributed by atoms with E-state index >= 15 is 9.59 Å². The number of nitrogens with zero attached hydrogens (tertiary/aromatic N) is 6. The number of sulfonamides is 2. The molecule has 6 saturated carbocycles. The first-order valence-corrected chi connectivity index (χ1v) is 47.4. The first kappa shape index (κ1) is 88.4. The largest absolute Gasteiger partial charge is 0.497 e. The van der Waals surface area contributed by atoms with E-state index < -0.39 is 100 Å². The van der Waals surface area contributed by atoms with E-state index in [-0.39, 0.29) is 121 Å². The average molecular weight is 1730 g/mol. The topological polar surface area (TPSA) is 341 Å². The minimum absolute atomic E-state index is 0.0207. The number of fused-ring (bicyclic) bond motifs is 6. The Bertz CT molecular complexity index is 4670. The molecule has 664 valence electrons. The van der Waals surface area contributed by atoms with Crippen molar-refractivity contribution in [2.75, 3.05) is 103 Å². The van der Waals surface area contributed by atoms with Crippen LogP contribution in [0.5, 0.6) is 23.3 Å². The summed E-state index contributed by atoms with van der Waals surface area (Å²) in [5.74, 6) is -2.27. The number of pyridine rings is 2. The summed E-state index contributed by atoms with van der Waals surface area (Å²) in [6.45, 7) is 21.2. The summed E-state index contributed by atoms with van der Waals surface area (Å²) in [7, 11) is -4.71. The van der Waals surface area contributed by atoms with Crippen molar-refractivity contribution in [2.24, 2.45) is 69.0 Å². The van der Waals surface area contributed by atoms with Crippen LogP contribution in [0.25, 0.3) is 21.5 Å². The van der Waals surface area contributed by atoms with Crippen molar-refractivity contribution >= 4 is 100 Å². The van der Waals surface area contributed by atoms with Crippen LogP contribution in [0.4, 0.5) is 11.6 Å². The number of aromatic nitrogens is 2. The van der Waals surface area contributed by atoms with Crippen molar-refractivity contribution in [1.82, 2.24) is 29.2 Å². The van der Waals surface area contributed by atoms with Crippen LogP contribution in [-0.4, -0.2) is 211 Å². The number of ether oxygens (including phenoxy) is 8. The summed E-state index contributed by atoms with van der Waals surface area (Å²) in [5, 5.41) is 3.18. The molecule has 0 radical (unpaired) electrons. The fraction of sp³-hybridized carbons (Fsp3) is 0.674. The average Bonchev–Trinajstić information content (AvgIpc) is 1.56. The molecule has 4 saturated heterocycles. The van der Waals surface area contributed by atoms with Crippen molar-refractivity contribution in [3.63, 3.8) is 0 Å². The number of rotatable bonds is 22. The van der Waals surface area contributed by atoms with Crippen LogP contribution in [0.1, 0.15) is 197 Å². The van der Waals surface area contributed by atoms with Crippen LogP contribution >= 0.6 is 0 Å². The number of allylic oxidation sites excluding steroid dienone is 4. The van der Waals surface area contributed by atoms with Crippen molar-refractivity contribution in [3.8, 4) is 23.3 Å². The van der Waals surface area contributed by atoms with Crippen molar-refractivity contribution in [3.05, 3.63) is 72.8 Å². The number of carbonyl (C=O) groups excluding carboxylic acids is 8. The molecule has 122 heavy (non-hydrogen) atoms. The molecule has 4 amide bonds. The lowest BCUT2D eigenvalue weighted by Crippen LogP contribution is -2.48. The Morgan fingerprint density at radius 3 is 1.25 bits per heavy atom. The molecule has 2 aromatic heterocycles. The molecule has 8 heterocycles. The Morgan fingerprint density at radius 1 is 0.516 bits per heavy atom. The summed E-state index contributed by atoms with van der Waals surface area (Å²) < 4.78 is 103. The fourth-order valence-electron chi connectivity index (χ4n) is 18.9. The molecule has 30 heteroatoms. The van der Waals surface area contributed by atoms with Crippen LogP contribution in [0, 0.1) is 69.0 Å². The van der Waals surface area contributed by atoms with Crippen LogP contribution < -0.4 is 38.2 Å². The number of methoxy groups -OCH3 is 2. The lowest BCUT2D eigenvalue weighted by molar-refractivity contribution is -0.153. The highest BCUT2D eigenvalue weighted by molar-refractivity contribution is 7.92. The van der Waals surface area contributed by atoms with Crippen molar-refractivity contribution < 1.29 is 93.1 Å². The number of hydrogen-bond donors (Lipinski definition) is 2. The molecule has 6 aliphatic heterocycles. The lowest BCUT2D eigenvalue weighted by atomic mass is 9.82. The van der Waals surface area contributed by atoms with Gasteiger partial charge in [0.15, 0.2) is 11.6 Å². The number of Topliss-reactive ketones (excluding diaryl/α,β-unsaturated/α-hetero) is 2. The predicted octanol–water partition coefficient (Wildman–Crippen LogP) is 11.5. The molecule has 0 unspecified atom stereocenters. The Hall–Kier alpha value is -8.48. The maximum absolute atomic E-state index is 15.1. The standard InChI is InChI=1S/2C46H62N4O10S/c2*1-29-8-6-7-9-32-25-46(32,43(54)48-61(55,56)45(4)14-15-45)26-38(51)37-23-34(27-50(37)42(53)36(30(2)20-29)24-40(52)59-28-44(3)12-13-44)60-41-35-11-10-33(57-5)21-31(35)22-39(47-41)49-16-18-58-19-17-49/h2*7,9-11,21-22,29-30,32,34,36-37H,6,8,12-20,23-28H2,1-5H3,(H,48,54)/b2*9-7-/t29-,30+,32+,34+,36-,37-,46+;29-,30-,32-,34-,36+,37+,46-/m01/s1. The molecule has 2 aromatic carbocycles. The molecule has 6 aliphatic carbocycles. The van der Waals surface area contributed by atoms with Gasteiger partial charge in [-0.3, -0.25) is 47.8 Å². The number of nitrogens with one attached hydrogen (secondary N) is 2. The Kier molecular flexibility index (Phi) is 25.5. The summed E-state index contributed by atoms with van der Waals surface area (Å²) in [6, 6.07) is 13.3. The smallest absolute Gasteiger partial charge is 0.306 e. The van der Waals surface area contributed by atoms with Crippen LogP contribution in [0.3, 0.4) is 0 Å². The third-order valence-electron chi connectivity index (χ3n) is 28.9. The summed E-state index contributed by atoms with van der Waals surface area (Å²) >= 11 is 0. The van der Waals surface area contributed by atoms with Gasteiger partial charge in [-0.05, 0) is 211 Å². The van der Waals surface area contributed by atoms with Gasteiger partial charge in [0.2, 0.25) is 55.4 Å². The zero-order valence-corrected chi connectivity index (χ0v) is 74.2. The highest BCUT2D eigenvalue weighted by Gasteiger charge is 2.65. The van der Waals surface area contributed by atoms with Crippen LogP contribution in [0.15, 0.2) is 72.8 Å². The van der Waals surface area contributed by atoms with E-state index in [0.29, 0.717) is 152 Å². The second kappa shape index (κ2) is 35.2. The van der Waals surface area contributed by atoms with Gasteiger partial charge in [-0.1, -0.05) is 65.8 Å². The van der Waals surface area contributed by atoms with Gasteiger partial charge in [-0.15, -0.1) is 0 Å². The predicted molar refractivity (Wildman–Crippen MR) is 457 cm³/mol. The van der Waals surface area contributed by atoms with E-state index in [1.165, 1.54) is 0 Å². The first-order chi connectivity index (χ1) is 58.0. The van der Waals surface area contributed by atoms with Gasteiger partial charge in [0.25, 0.3) is 0 Å². The Morgan fingerprint density at radius 2 is 0.893 bits per heavy atom. The van der Waals surface area contributed by atoms with Gasteiger partial charge in [0.05, 0.1) is 124 Å². The molecule has 0 spiro atoms. The molecule has 14 atom stereocenters. The van der Waals surface area contributed by atoms with Gasteiger partial charge in [-0.2, -0.15) is 9.97 Å². The molecule has 28 nitrogen and oxygen atoms in total. The van der Waals surface area contributed by atoms with Gasteiger partial charge in [-0.25, -0.2) is 16.8 Å². The third-order valence-corrected chi connectivity index (χ3v) is 33.3. The number of esters is 2. The zero-order valence-electron chi connectivity index (χ0n) is 72.6. The quantitative estimate of drug-likeness (QED) is 0.0545. The number of carbonyl (C=O) groups is 8. The number of anilines is 2. The van der Waals surface area contributed by atoms with Crippen molar-refractivity contribution in [1.29, 1.82) is 0 Å². The van der Waals surface area contributed by atoms with Crippen LogP contribution in [0.2, 0.25) is 0 Å². The molecule has 12 aliphatic rings. The fourth-order valence-corrected chi connectivity index (χ4v) is 21.6. The highest BCUT2D eigenvalue weighted by Crippen LogP contribution is 2.60. The number of benzene rings is 2. The third kappa shape index (κ3) is 19.6. The van der Waals surface area contributed by atoms with Gasteiger partial charge >= 0.3 is 11.9 Å². The first-order valence-electron chi connectivity index (χ1n) is 44.4. The van der Waals surface area contributed by atoms with Gasteiger partial charge in [0.1, 0.15) is 35.3 Å². The number of hydrogen-bond acceptors (Lipinski definition) is 24.